The lowest BCUT2D eigenvalue weighted by atomic mass is 9.80. The molecule has 1 heterocycles. The number of amides is 2. The Morgan fingerprint density at radius 1 is 1.14 bits per heavy atom. The third kappa shape index (κ3) is 4.61. The molecule has 120 valence electrons. The third-order valence-corrected chi connectivity index (χ3v) is 5.10. The van der Waals surface area contributed by atoms with Crippen molar-refractivity contribution in [2.45, 2.75) is 64.3 Å². The molecule has 3 atom stereocenters. The number of urea groups is 1. The van der Waals surface area contributed by atoms with Crippen LogP contribution in [0.5, 0.6) is 0 Å². The Morgan fingerprint density at radius 3 is 2.57 bits per heavy atom. The summed E-state index contributed by atoms with van der Waals surface area (Å²) < 4.78 is 0. The van der Waals surface area contributed by atoms with Gasteiger partial charge in [-0.25, -0.2) is 4.79 Å². The normalized spacial score (nSPS) is 30.0. The lowest BCUT2D eigenvalue weighted by Gasteiger charge is -2.36. The van der Waals surface area contributed by atoms with Crippen molar-refractivity contribution in [2.75, 3.05) is 13.1 Å². The van der Waals surface area contributed by atoms with Gasteiger partial charge in [0.2, 0.25) is 0 Å². The van der Waals surface area contributed by atoms with Crippen LogP contribution < -0.4 is 5.32 Å². The molecule has 21 heavy (non-hydrogen) atoms. The van der Waals surface area contributed by atoms with E-state index in [1.54, 1.807) is 4.90 Å². The molecule has 1 saturated carbocycles. The summed E-state index contributed by atoms with van der Waals surface area (Å²) in [5, 5.41) is 12.0. The SMILES string of the molecule is CC1CCCCC1CNC(=O)N1CCCCC1CC(=O)O. The molecule has 2 amide bonds. The number of carbonyl (C=O) groups excluding carboxylic acids is 1. The van der Waals surface area contributed by atoms with Crippen LogP contribution in [0.4, 0.5) is 4.79 Å². The highest BCUT2D eigenvalue weighted by Crippen LogP contribution is 2.29. The van der Waals surface area contributed by atoms with E-state index >= 15 is 0 Å². The Kier molecular flexibility index (Phi) is 5.88. The quantitative estimate of drug-likeness (QED) is 0.838. The Hall–Kier alpha value is -1.26. The van der Waals surface area contributed by atoms with E-state index < -0.39 is 5.97 Å². The van der Waals surface area contributed by atoms with E-state index in [9.17, 15) is 9.59 Å². The number of nitrogens with zero attached hydrogens (tertiary/aromatic N) is 1. The molecule has 3 unspecified atom stereocenters. The number of hydrogen-bond donors (Lipinski definition) is 2. The molecule has 5 heteroatoms. The van der Waals surface area contributed by atoms with Crippen molar-refractivity contribution in [2.24, 2.45) is 11.8 Å². The second-order valence-electron chi connectivity index (χ2n) is 6.65. The molecule has 1 aliphatic heterocycles. The van der Waals surface area contributed by atoms with Gasteiger partial charge in [-0.3, -0.25) is 4.79 Å². The number of likely N-dealkylation sites (tertiary alicyclic amines) is 1. The molecule has 0 aromatic heterocycles. The van der Waals surface area contributed by atoms with Crippen molar-refractivity contribution in [1.29, 1.82) is 0 Å². The Morgan fingerprint density at radius 2 is 1.86 bits per heavy atom. The van der Waals surface area contributed by atoms with Crippen LogP contribution in [-0.4, -0.2) is 41.1 Å². The van der Waals surface area contributed by atoms with E-state index in [0.717, 1.165) is 25.8 Å². The molecule has 2 N–H and O–H groups in total. The summed E-state index contributed by atoms with van der Waals surface area (Å²) >= 11 is 0. The van der Waals surface area contributed by atoms with E-state index in [1.165, 1.54) is 25.7 Å². The maximum atomic E-state index is 12.4. The fourth-order valence-corrected chi connectivity index (χ4v) is 3.70. The predicted molar refractivity (Wildman–Crippen MR) is 81.1 cm³/mol. The van der Waals surface area contributed by atoms with E-state index in [-0.39, 0.29) is 18.5 Å². The van der Waals surface area contributed by atoms with Crippen LogP contribution in [0.15, 0.2) is 0 Å². The number of carbonyl (C=O) groups is 2. The van der Waals surface area contributed by atoms with Crippen molar-refractivity contribution < 1.29 is 14.7 Å². The average Bonchev–Trinajstić information content (AvgIpc) is 2.46. The average molecular weight is 296 g/mol. The van der Waals surface area contributed by atoms with Gasteiger partial charge in [0.1, 0.15) is 0 Å². The molecule has 1 saturated heterocycles. The van der Waals surface area contributed by atoms with E-state index in [0.29, 0.717) is 18.4 Å². The van der Waals surface area contributed by atoms with E-state index in [2.05, 4.69) is 12.2 Å². The van der Waals surface area contributed by atoms with E-state index in [1.807, 2.05) is 0 Å². The smallest absolute Gasteiger partial charge is 0.317 e. The minimum Gasteiger partial charge on any atom is -0.481 e. The number of aliphatic carboxylic acids is 1. The first kappa shape index (κ1) is 16.1. The van der Waals surface area contributed by atoms with Crippen LogP contribution >= 0.6 is 0 Å². The first-order valence-electron chi connectivity index (χ1n) is 8.34. The van der Waals surface area contributed by atoms with Gasteiger partial charge < -0.3 is 15.3 Å². The topological polar surface area (TPSA) is 69.6 Å². The van der Waals surface area contributed by atoms with Crippen LogP contribution in [0.2, 0.25) is 0 Å². The number of piperidine rings is 1. The summed E-state index contributed by atoms with van der Waals surface area (Å²) in [5.74, 6) is 0.432. The summed E-state index contributed by atoms with van der Waals surface area (Å²) in [6.07, 6.45) is 7.87. The number of carboxylic acid groups (broad SMARTS) is 1. The van der Waals surface area contributed by atoms with Gasteiger partial charge in [0.15, 0.2) is 0 Å². The number of hydrogen-bond acceptors (Lipinski definition) is 2. The van der Waals surface area contributed by atoms with Crippen LogP contribution in [0.3, 0.4) is 0 Å². The van der Waals surface area contributed by atoms with Crippen LogP contribution in [0.25, 0.3) is 0 Å². The largest absolute Gasteiger partial charge is 0.481 e. The molecule has 5 nitrogen and oxygen atoms in total. The van der Waals surface area contributed by atoms with Crippen LogP contribution in [0, 0.1) is 11.8 Å². The van der Waals surface area contributed by atoms with Gasteiger partial charge >= 0.3 is 12.0 Å². The summed E-state index contributed by atoms with van der Waals surface area (Å²) in [4.78, 5) is 25.0. The first-order valence-corrected chi connectivity index (χ1v) is 8.34. The molecule has 0 spiro atoms. The lowest BCUT2D eigenvalue weighted by Crippen LogP contribution is -2.50. The highest BCUT2D eigenvalue weighted by Gasteiger charge is 2.29. The molecular formula is C16H28N2O3. The zero-order chi connectivity index (χ0) is 15.2. The van der Waals surface area contributed by atoms with Gasteiger partial charge in [0, 0.05) is 19.1 Å². The fraction of sp³-hybridized carbons (Fsp3) is 0.875. The van der Waals surface area contributed by atoms with Crippen molar-refractivity contribution in [3.63, 3.8) is 0 Å². The third-order valence-electron chi connectivity index (χ3n) is 5.10. The van der Waals surface area contributed by atoms with Gasteiger partial charge in [0.25, 0.3) is 0 Å². The number of rotatable bonds is 4. The van der Waals surface area contributed by atoms with Gasteiger partial charge in [-0.15, -0.1) is 0 Å². The minimum atomic E-state index is -0.819. The fourth-order valence-electron chi connectivity index (χ4n) is 3.70. The number of carboxylic acids is 1. The van der Waals surface area contributed by atoms with Gasteiger partial charge in [0.05, 0.1) is 6.42 Å². The van der Waals surface area contributed by atoms with Crippen molar-refractivity contribution in [1.82, 2.24) is 10.2 Å². The molecule has 0 radical (unpaired) electrons. The molecule has 2 fully saturated rings. The van der Waals surface area contributed by atoms with Gasteiger partial charge in [-0.1, -0.05) is 26.2 Å². The maximum absolute atomic E-state index is 12.4. The molecule has 0 aromatic carbocycles. The lowest BCUT2D eigenvalue weighted by molar-refractivity contribution is -0.138. The minimum absolute atomic E-state index is 0.0627. The van der Waals surface area contributed by atoms with Crippen LogP contribution in [0.1, 0.15) is 58.3 Å². The summed E-state index contributed by atoms with van der Waals surface area (Å²) in [7, 11) is 0. The van der Waals surface area contributed by atoms with E-state index in [4.69, 9.17) is 5.11 Å². The van der Waals surface area contributed by atoms with Crippen molar-refractivity contribution in [3.05, 3.63) is 0 Å². The second-order valence-corrected chi connectivity index (χ2v) is 6.65. The highest BCUT2D eigenvalue weighted by molar-refractivity contribution is 5.76. The molecule has 0 aromatic rings. The van der Waals surface area contributed by atoms with Crippen molar-refractivity contribution in [3.8, 4) is 0 Å². The van der Waals surface area contributed by atoms with Crippen LogP contribution in [-0.2, 0) is 4.79 Å². The second kappa shape index (κ2) is 7.66. The Bertz CT molecular complexity index is 373. The number of nitrogens with one attached hydrogen (secondary N) is 1. The molecule has 1 aliphatic carbocycles. The van der Waals surface area contributed by atoms with Gasteiger partial charge in [-0.2, -0.15) is 0 Å². The van der Waals surface area contributed by atoms with Gasteiger partial charge in [-0.05, 0) is 37.5 Å². The summed E-state index contributed by atoms with van der Waals surface area (Å²) in [5.41, 5.74) is 0. The maximum Gasteiger partial charge on any atom is 0.317 e. The first-order chi connectivity index (χ1) is 10.1. The predicted octanol–water partition coefficient (Wildman–Crippen LogP) is 2.85. The molecule has 2 rings (SSSR count). The summed E-state index contributed by atoms with van der Waals surface area (Å²) in [6, 6.07) is -0.209. The molecule has 0 bridgehead atoms. The zero-order valence-electron chi connectivity index (χ0n) is 13.0. The summed E-state index contributed by atoms with van der Waals surface area (Å²) in [6.45, 7) is 3.68. The Labute approximate surface area is 127 Å². The molecular weight excluding hydrogens is 268 g/mol. The monoisotopic (exact) mass is 296 g/mol. The molecule has 2 aliphatic rings. The highest BCUT2D eigenvalue weighted by atomic mass is 16.4. The zero-order valence-corrected chi connectivity index (χ0v) is 13.0. The Balaban J connectivity index is 1.83. The van der Waals surface area contributed by atoms with Crippen molar-refractivity contribution >= 4 is 12.0 Å². The standard InChI is InChI=1S/C16H28N2O3/c1-12-6-2-3-7-13(12)11-17-16(21)18-9-5-4-8-14(18)10-15(19)20/h12-14H,2-11H2,1H3,(H,17,21)(H,19,20).